The van der Waals surface area contributed by atoms with Gasteiger partial charge in [-0.05, 0) is 85.3 Å². The Morgan fingerprint density at radius 3 is 2.50 bits per heavy atom. The first-order valence-corrected chi connectivity index (χ1v) is 14.0. The predicted molar refractivity (Wildman–Crippen MR) is 144 cm³/mol. The van der Waals surface area contributed by atoms with Crippen molar-refractivity contribution in [3.05, 3.63) is 59.8 Å². The molecule has 2 heterocycles. The van der Waals surface area contributed by atoms with Gasteiger partial charge in [0.05, 0.1) is 18.6 Å². The average molecular weight is 508 g/mol. The van der Waals surface area contributed by atoms with Gasteiger partial charge in [-0.3, -0.25) is 4.72 Å². The fourth-order valence-electron chi connectivity index (χ4n) is 5.07. The van der Waals surface area contributed by atoms with E-state index in [9.17, 15) is 8.42 Å². The van der Waals surface area contributed by atoms with Crippen molar-refractivity contribution in [2.45, 2.75) is 38.5 Å². The monoisotopic (exact) mass is 507 g/mol. The van der Waals surface area contributed by atoms with Gasteiger partial charge in [-0.15, -0.1) is 0 Å². The van der Waals surface area contributed by atoms with Gasteiger partial charge in [0, 0.05) is 29.7 Å². The molecule has 0 spiro atoms. The van der Waals surface area contributed by atoms with Gasteiger partial charge in [0.1, 0.15) is 5.75 Å². The summed E-state index contributed by atoms with van der Waals surface area (Å²) in [5.74, 6) is 1.38. The lowest BCUT2D eigenvalue weighted by molar-refractivity contribution is 0.359. The van der Waals surface area contributed by atoms with E-state index in [0.29, 0.717) is 18.2 Å². The summed E-state index contributed by atoms with van der Waals surface area (Å²) >= 11 is 0. The van der Waals surface area contributed by atoms with Crippen molar-refractivity contribution < 1.29 is 13.2 Å². The van der Waals surface area contributed by atoms with Crippen molar-refractivity contribution in [3.8, 4) is 17.0 Å². The Morgan fingerprint density at radius 2 is 1.78 bits per heavy atom. The molecule has 2 aromatic carbocycles. The molecule has 9 heteroatoms. The van der Waals surface area contributed by atoms with Crippen LogP contribution in [0.15, 0.2) is 48.7 Å². The molecule has 0 saturated carbocycles. The van der Waals surface area contributed by atoms with E-state index in [4.69, 9.17) is 9.72 Å². The molecule has 2 aliphatic rings. The summed E-state index contributed by atoms with van der Waals surface area (Å²) in [4.78, 5) is 11.6. The Hall–Kier alpha value is -3.17. The second kappa shape index (κ2) is 9.71. The highest BCUT2D eigenvalue weighted by Gasteiger charge is 2.32. The molecule has 1 aromatic heterocycles. The van der Waals surface area contributed by atoms with E-state index in [-0.39, 0.29) is 11.2 Å². The molecule has 0 bridgehead atoms. The molecule has 0 unspecified atom stereocenters. The van der Waals surface area contributed by atoms with Crippen LogP contribution in [0.1, 0.15) is 37.8 Å². The van der Waals surface area contributed by atoms with Crippen molar-refractivity contribution in [1.82, 2.24) is 14.9 Å². The molecule has 1 aliphatic heterocycles. The van der Waals surface area contributed by atoms with Crippen molar-refractivity contribution >= 4 is 27.3 Å². The number of rotatable bonds is 8. The van der Waals surface area contributed by atoms with Crippen LogP contribution in [-0.2, 0) is 21.9 Å². The predicted octanol–water partition coefficient (Wildman–Crippen LogP) is 4.57. The van der Waals surface area contributed by atoms with Crippen LogP contribution in [-0.4, -0.2) is 55.8 Å². The molecule has 0 atom stereocenters. The zero-order valence-corrected chi connectivity index (χ0v) is 21.9. The second-order valence-electron chi connectivity index (χ2n) is 10.2. The lowest BCUT2D eigenvalue weighted by Crippen LogP contribution is -2.29. The number of likely N-dealkylation sites (tertiary alicyclic amines) is 1. The van der Waals surface area contributed by atoms with Gasteiger partial charge in [0.15, 0.2) is 0 Å². The molecule has 5 rings (SSSR count). The zero-order chi connectivity index (χ0) is 25.3. The van der Waals surface area contributed by atoms with E-state index in [1.54, 1.807) is 19.2 Å². The van der Waals surface area contributed by atoms with E-state index in [0.717, 1.165) is 60.6 Å². The van der Waals surface area contributed by atoms with Gasteiger partial charge in [-0.2, -0.15) is 0 Å². The summed E-state index contributed by atoms with van der Waals surface area (Å²) in [6, 6.07) is 13.3. The van der Waals surface area contributed by atoms with E-state index < -0.39 is 10.0 Å². The van der Waals surface area contributed by atoms with Gasteiger partial charge in [0.25, 0.3) is 0 Å². The highest BCUT2D eigenvalue weighted by molar-refractivity contribution is 7.92. The molecule has 1 aliphatic carbocycles. The summed E-state index contributed by atoms with van der Waals surface area (Å²) in [6.45, 7) is 7.00. The number of ether oxygens (including phenoxy) is 1. The van der Waals surface area contributed by atoms with Gasteiger partial charge in [0.2, 0.25) is 16.0 Å². The van der Waals surface area contributed by atoms with Crippen molar-refractivity contribution in [3.63, 3.8) is 0 Å². The van der Waals surface area contributed by atoms with Crippen LogP contribution in [0, 0.1) is 0 Å². The van der Waals surface area contributed by atoms with Crippen LogP contribution in [0.2, 0.25) is 0 Å². The van der Waals surface area contributed by atoms with Crippen molar-refractivity contribution in [2.75, 3.05) is 42.5 Å². The number of hydrogen-bond acceptors (Lipinski definition) is 7. The number of aromatic nitrogens is 2. The highest BCUT2D eigenvalue weighted by Crippen LogP contribution is 2.43. The van der Waals surface area contributed by atoms with E-state index >= 15 is 0 Å². The Bertz CT molecular complexity index is 1350. The van der Waals surface area contributed by atoms with E-state index in [1.807, 2.05) is 30.5 Å². The molecule has 1 fully saturated rings. The third-order valence-corrected chi connectivity index (χ3v) is 8.26. The minimum Gasteiger partial charge on any atom is -0.497 e. The number of hydrogen-bond donors (Lipinski definition) is 2. The van der Waals surface area contributed by atoms with Crippen LogP contribution in [0.3, 0.4) is 0 Å². The molecule has 0 amide bonds. The smallest absolute Gasteiger partial charge is 0.233 e. The molecular weight excluding hydrogens is 474 g/mol. The molecule has 3 aromatic rings. The Kier molecular flexibility index (Phi) is 6.61. The molecule has 1 saturated heterocycles. The highest BCUT2D eigenvalue weighted by atomic mass is 32.2. The zero-order valence-electron chi connectivity index (χ0n) is 21.0. The SMILES string of the molecule is COc1ccc2c(c1)-c1nc(Nc3ccc(NS(=O)(=O)CCN4CCCC4)cc3)ncc1CC2(C)C. The molecule has 8 nitrogen and oxygen atoms in total. The summed E-state index contributed by atoms with van der Waals surface area (Å²) in [5.41, 5.74) is 5.60. The molecular formula is C27H33N5O3S. The lowest BCUT2D eigenvalue weighted by atomic mass is 9.72. The van der Waals surface area contributed by atoms with Crippen LogP contribution in [0.5, 0.6) is 5.75 Å². The first-order chi connectivity index (χ1) is 17.2. The van der Waals surface area contributed by atoms with Gasteiger partial charge in [-0.1, -0.05) is 19.9 Å². The summed E-state index contributed by atoms with van der Waals surface area (Å²) in [6.07, 6.45) is 5.04. The van der Waals surface area contributed by atoms with Gasteiger partial charge < -0.3 is 15.0 Å². The summed E-state index contributed by atoms with van der Waals surface area (Å²) in [5, 5.41) is 3.25. The summed E-state index contributed by atoms with van der Waals surface area (Å²) in [7, 11) is -1.73. The number of fused-ring (bicyclic) bond motifs is 3. The maximum absolute atomic E-state index is 12.5. The average Bonchev–Trinajstić information content (AvgIpc) is 3.38. The standard InChI is InChI=1S/C27H33N5O3S/c1-27(2)17-19-18-28-26(30-25(19)23-16-22(35-3)10-11-24(23)27)29-20-6-8-21(9-7-20)31-36(33,34)15-14-32-12-4-5-13-32/h6-11,16,18,31H,4-5,12-15,17H2,1-3H3,(H,28,29,30). The molecule has 0 radical (unpaired) electrons. The maximum Gasteiger partial charge on any atom is 0.233 e. The minimum atomic E-state index is -3.39. The number of sulfonamides is 1. The molecule has 36 heavy (non-hydrogen) atoms. The fraction of sp³-hybridized carbons (Fsp3) is 0.407. The molecule has 2 N–H and O–H groups in total. The van der Waals surface area contributed by atoms with Crippen LogP contribution < -0.4 is 14.8 Å². The van der Waals surface area contributed by atoms with E-state index in [1.165, 1.54) is 5.56 Å². The first kappa shape index (κ1) is 24.5. The first-order valence-electron chi connectivity index (χ1n) is 12.4. The fourth-order valence-corrected chi connectivity index (χ4v) is 6.17. The topological polar surface area (TPSA) is 96.4 Å². The van der Waals surface area contributed by atoms with Crippen molar-refractivity contribution in [2.24, 2.45) is 0 Å². The third-order valence-electron chi connectivity index (χ3n) is 7.00. The number of benzene rings is 2. The number of nitrogens with one attached hydrogen (secondary N) is 2. The Balaban J connectivity index is 1.30. The number of anilines is 3. The minimum absolute atomic E-state index is 0.0233. The Morgan fingerprint density at radius 1 is 1.06 bits per heavy atom. The van der Waals surface area contributed by atoms with Gasteiger partial charge >= 0.3 is 0 Å². The Labute approximate surface area is 213 Å². The molecule has 190 valence electrons. The maximum atomic E-state index is 12.5. The lowest BCUT2D eigenvalue weighted by Gasteiger charge is -2.33. The normalized spacial score (nSPS) is 16.8. The van der Waals surface area contributed by atoms with Crippen LogP contribution in [0.25, 0.3) is 11.3 Å². The van der Waals surface area contributed by atoms with E-state index in [2.05, 4.69) is 39.8 Å². The third kappa shape index (κ3) is 5.32. The van der Waals surface area contributed by atoms with Crippen LogP contribution >= 0.6 is 0 Å². The quantitative estimate of drug-likeness (QED) is 0.461. The van der Waals surface area contributed by atoms with Crippen LogP contribution in [0.4, 0.5) is 17.3 Å². The van der Waals surface area contributed by atoms with Crippen molar-refractivity contribution in [1.29, 1.82) is 0 Å². The number of nitrogens with zero attached hydrogens (tertiary/aromatic N) is 3. The second-order valence-corrected chi connectivity index (χ2v) is 12.1. The van der Waals surface area contributed by atoms with Gasteiger partial charge in [-0.25, -0.2) is 18.4 Å². The number of methoxy groups -OCH3 is 1. The largest absolute Gasteiger partial charge is 0.497 e. The summed E-state index contributed by atoms with van der Waals surface area (Å²) < 4.78 is 33.1.